The Kier molecular flexibility index (Phi) is 14.5. The molecule has 0 bridgehead atoms. The maximum absolute atomic E-state index is 12.1. The molecule has 2 fully saturated rings. The number of unbranched alkanes of at least 4 members (excludes halogenated alkanes) is 3. The van der Waals surface area contributed by atoms with Gasteiger partial charge in [-0.1, -0.05) is 50.1 Å². The zero-order chi connectivity index (χ0) is 33.6. The number of hydrogen-bond acceptors (Lipinski definition) is 8. The Balaban J connectivity index is 0.000000330. The van der Waals surface area contributed by atoms with Gasteiger partial charge >= 0.3 is 6.09 Å². The number of nitrogens with one attached hydrogen (secondary N) is 3. The Morgan fingerprint density at radius 2 is 1.78 bits per heavy atom. The SMILES string of the molecule is CC(C)(C)OC(=O)NCC(=O)N1CCC[C@H]1C(N)=O.CCCCC/C=C\C1CC1C(=O)NS(=O)(=O)CC(=O)Nc1ccccc1. The molecule has 2 unspecified atom stereocenters. The topological polar surface area (TPSA) is 194 Å². The lowest BCUT2D eigenvalue weighted by atomic mass is 10.2. The van der Waals surface area contributed by atoms with Crippen molar-refractivity contribution < 1.29 is 37.1 Å². The zero-order valence-electron chi connectivity index (χ0n) is 26.5. The maximum Gasteiger partial charge on any atom is 0.408 e. The van der Waals surface area contributed by atoms with Crippen LogP contribution >= 0.6 is 0 Å². The van der Waals surface area contributed by atoms with E-state index >= 15 is 0 Å². The van der Waals surface area contributed by atoms with E-state index in [1.54, 1.807) is 51.1 Å². The van der Waals surface area contributed by atoms with Gasteiger partial charge in [0.15, 0.2) is 0 Å². The molecule has 1 aromatic rings. The second-order valence-corrected chi connectivity index (χ2v) is 13.8. The molecule has 1 saturated carbocycles. The third kappa shape index (κ3) is 14.6. The Morgan fingerprint density at radius 1 is 1.09 bits per heavy atom. The Bertz CT molecular complexity index is 1310. The number of rotatable bonds is 13. The molecule has 0 aromatic heterocycles. The summed E-state index contributed by atoms with van der Waals surface area (Å²) in [6.07, 6.45) is 9.83. The first kappa shape index (κ1) is 37.2. The quantitative estimate of drug-likeness (QED) is 0.185. The van der Waals surface area contributed by atoms with E-state index in [0.717, 1.165) is 25.7 Å². The highest BCUT2D eigenvalue weighted by atomic mass is 32.2. The van der Waals surface area contributed by atoms with Gasteiger partial charge in [0, 0.05) is 18.2 Å². The van der Waals surface area contributed by atoms with Crippen LogP contribution in [0.25, 0.3) is 0 Å². The molecule has 1 saturated heterocycles. The van der Waals surface area contributed by atoms with Gasteiger partial charge in [0.05, 0.1) is 0 Å². The van der Waals surface area contributed by atoms with Gasteiger partial charge in [0.2, 0.25) is 33.7 Å². The number of nitrogens with zero attached hydrogens (tertiary/aromatic N) is 1. The number of primary amides is 1. The lowest BCUT2D eigenvalue weighted by Crippen LogP contribution is -2.48. The van der Waals surface area contributed by atoms with E-state index in [9.17, 15) is 32.4 Å². The van der Waals surface area contributed by atoms with E-state index in [-0.39, 0.29) is 24.3 Å². The number of ether oxygens (including phenoxy) is 1. The number of sulfonamides is 1. The van der Waals surface area contributed by atoms with Crippen molar-refractivity contribution in [2.45, 2.75) is 84.3 Å². The summed E-state index contributed by atoms with van der Waals surface area (Å²) >= 11 is 0. The van der Waals surface area contributed by atoms with Crippen molar-refractivity contribution in [3.8, 4) is 0 Å². The average molecular weight is 650 g/mol. The molecule has 3 rings (SSSR count). The van der Waals surface area contributed by atoms with E-state index < -0.39 is 51.2 Å². The molecule has 2 aliphatic rings. The fourth-order valence-corrected chi connectivity index (χ4v) is 5.54. The first-order valence-electron chi connectivity index (χ1n) is 15.2. The van der Waals surface area contributed by atoms with Crippen LogP contribution in [0.1, 0.15) is 72.6 Å². The molecule has 5 N–H and O–H groups in total. The molecule has 5 amide bonds. The molecule has 0 radical (unpaired) electrons. The summed E-state index contributed by atoms with van der Waals surface area (Å²) in [5.74, 6) is -3.04. The zero-order valence-corrected chi connectivity index (χ0v) is 27.4. The van der Waals surface area contributed by atoms with Crippen LogP contribution in [0.3, 0.4) is 0 Å². The second kappa shape index (κ2) is 17.5. The monoisotopic (exact) mass is 649 g/mol. The normalized spacial score (nSPS) is 19.2. The minimum atomic E-state index is -4.00. The predicted molar refractivity (Wildman–Crippen MR) is 170 cm³/mol. The standard InChI is InChI=1S/C19H26N2O4S.C12H21N3O4/c1-2-3-4-5-7-10-15-13-17(15)19(23)21-26(24,25)14-18(22)20-16-11-8-6-9-12-16;1-12(2,3)19-11(18)14-7-9(16)15-6-4-5-8(15)10(13)17/h6-12,15,17H,2-5,13-14H2,1H3,(H,20,22)(H,21,23);8H,4-7H2,1-3H3,(H2,13,17)(H,14,18)/b10-7-;/t;8-/m.0/s1. The van der Waals surface area contributed by atoms with E-state index in [1.807, 2.05) is 10.8 Å². The van der Waals surface area contributed by atoms with Crippen LogP contribution < -0.4 is 21.1 Å². The number of alkyl carbamates (subject to hydrolysis) is 1. The van der Waals surface area contributed by atoms with Gasteiger partial charge in [-0.3, -0.25) is 23.9 Å². The number of anilines is 1. The van der Waals surface area contributed by atoms with Crippen LogP contribution in [-0.2, 0) is 33.9 Å². The third-order valence-electron chi connectivity index (χ3n) is 6.85. The molecule has 1 aliphatic carbocycles. The van der Waals surface area contributed by atoms with Gasteiger partial charge in [0.25, 0.3) is 0 Å². The fraction of sp³-hybridized carbons (Fsp3) is 0.581. The maximum atomic E-state index is 12.1. The molecule has 250 valence electrons. The van der Waals surface area contributed by atoms with E-state index in [4.69, 9.17) is 10.5 Å². The number of allylic oxidation sites excluding steroid dienone is 2. The summed E-state index contributed by atoms with van der Waals surface area (Å²) in [5.41, 5.74) is 5.11. The van der Waals surface area contributed by atoms with Crippen molar-refractivity contribution in [1.29, 1.82) is 0 Å². The van der Waals surface area contributed by atoms with Crippen molar-refractivity contribution >= 4 is 45.4 Å². The highest BCUT2D eigenvalue weighted by Gasteiger charge is 2.42. The van der Waals surface area contributed by atoms with Crippen LogP contribution in [0.4, 0.5) is 10.5 Å². The second-order valence-electron chi connectivity index (χ2n) is 12.1. The average Bonchev–Trinajstić information content (AvgIpc) is 3.54. The molecule has 1 heterocycles. The predicted octanol–water partition coefficient (Wildman–Crippen LogP) is 2.83. The molecule has 1 aliphatic heterocycles. The van der Waals surface area contributed by atoms with Gasteiger partial charge in [-0.05, 0) is 70.9 Å². The fourth-order valence-electron chi connectivity index (χ4n) is 4.59. The summed E-state index contributed by atoms with van der Waals surface area (Å²) in [6, 6.07) is 8.00. The Labute approximate surface area is 265 Å². The minimum Gasteiger partial charge on any atom is -0.444 e. The largest absolute Gasteiger partial charge is 0.444 e. The number of amides is 5. The van der Waals surface area contributed by atoms with Crippen molar-refractivity contribution in [3.05, 3.63) is 42.5 Å². The van der Waals surface area contributed by atoms with Gasteiger partial charge in [-0.15, -0.1) is 0 Å². The molecule has 13 nitrogen and oxygen atoms in total. The van der Waals surface area contributed by atoms with Crippen molar-refractivity contribution in [1.82, 2.24) is 14.9 Å². The smallest absolute Gasteiger partial charge is 0.408 e. The van der Waals surface area contributed by atoms with Crippen molar-refractivity contribution in [2.24, 2.45) is 17.6 Å². The van der Waals surface area contributed by atoms with E-state index in [2.05, 4.69) is 23.6 Å². The van der Waals surface area contributed by atoms with Crippen molar-refractivity contribution in [2.75, 3.05) is 24.2 Å². The summed E-state index contributed by atoms with van der Waals surface area (Å²) in [7, 11) is -4.00. The number of para-hydroxylation sites is 1. The number of benzene rings is 1. The number of hydrogen-bond donors (Lipinski definition) is 4. The number of likely N-dealkylation sites (tertiary alicyclic amines) is 1. The Morgan fingerprint density at radius 3 is 2.40 bits per heavy atom. The molecule has 3 atom stereocenters. The highest BCUT2D eigenvalue weighted by Crippen LogP contribution is 2.40. The van der Waals surface area contributed by atoms with Crippen molar-refractivity contribution in [3.63, 3.8) is 0 Å². The molecule has 14 heteroatoms. The number of carbonyl (C=O) groups excluding carboxylic acids is 5. The molecular formula is C31H47N5O8S. The lowest BCUT2D eigenvalue weighted by Gasteiger charge is -2.23. The Hall–Kier alpha value is -3.94. The van der Waals surface area contributed by atoms with Crippen LogP contribution in [0, 0.1) is 11.8 Å². The molecule has 1 aromatic carbocycles. The van der Waals surface area contributed by atoms with Gasteiger partial charge in [0.1, 0.15) is 23.9 Å². The van der Waals surface area contributed by atoms with E-state index in [1.165, 1.54) is 11.3 Å². The first-order chi connectivity index (χ1) is 21.1. The van der Waals surface area contributed by atoms with Crippen LogP contribution in [0.5, 0.6) is 0 Å². The first-order valence-corrected chi connectivity index (χ1v) is 16.9. The molecule has 0 spiro atoms. The van der Waals surface area contributed by atoms with Gasteiger partial charge < -0.3 is 26.0 Å². The minimum absolute atomic E-state index is 0.102. The highest BCUT2D eigenvalue weighted by molar-refractivity contribution is 7.90. The molecule has 45 heavy (non-hydrogen) atoms. The van der Waals surface area contributed by atoms with Gasteiger partial charge in [-0.25, -0.2) is 13.2 Å². The third-order valence-corrected chi connectivity index (χ3v) is 8.01. The number of carbonyl (C=O) groups is 5. The van der Waals surface area contributed by atoms with Crippen LogP contribution in [0.2, 0.25) is 0 Å². The van der Waals surface area contributed by atoms with Crippen LogP contribution in [0.15, 0.2) is 42.5 Å². The van der Waals surface area contributed by atoms with Crippen LogP contribution in [-0.4, -0.2) is 73.5 Å². The molecular weight excluding hydrogens is 602 g/mol. The summed E-state index contributed by atoms with van der Waals surface area (Å²) in [6.45, 7) is 7.64. The summed E-state index contributed by atoms with van der Waals surface area (Å²) in [5, 5.41) is 4.86. The number of nitrogens with two attached hydrogens (primary N) is 1. The van der Waals surface area contributed by atoms with E-state index in [0.29, 0.717) is 25.1 Å². The van der Waals surface area contributed by atoms with Gasteiger partial charge in [-0.2, -0.15) is 0 Å². The lowest BCUT2D eigenvalue weighted by molar-refractivity contribution is -0.136. The summed E-state index contributed by atoms with van der Waals surface area (Å²) in [4.78, 5) is 59.7. The summed E-state index contributed by atoms with van der Waals surface area (Å²) < 4.78 is 31.0.